The topological polar surface area (TPSA) is 0 Å². The average Bonchev–Trinajstić information content (AvgIpc) is 3.88. The van der Waals surface area contributed by atoms with E-state index in [-0.39, 0.29) is 0 Å². The molecule has 0 radical (unpaired) electrons. The number of hydrogen-bond acceptors (Lipinski definition) is 5. The van der Waals surface area contributed by atoms with Gasteiger partial charge >= 0.3 is 0 Å². The lowest BCUT2D eigenvalue weighted by Crippen LogP contribution is -1.71. The molecular weight excluding hydrogens is 641 g/mol. The highest BCUT2D eigenvalue weighted by molar-refractivity contribution is 7.28. The van der Waals surface area contributed by atoms with Crippen LogP contribution in [0.15, 0.2) is 121 Å². The minimum Gasteiger partial charge on any atom is -0.135 e. The third-order valence-electron chi connectivity index (χ3n) is 9.07. The van der Waals surface area contributed by atoms with Crippen molar-refractivity contribution in [2.24, 2.45) is 0 Å². The van der Waals surface area contributed by atoms with E-state index in [1.807, 2.05) is 56.7 Å². The smallest absolute Gasteiger partial charge is 0.0369 e. The molecule has 0 unspecified atom stereocenters. The van der Waals surface area contributed by atoms with Crippen LogP contribution in [0.5, 0.6) is 0 Å². The van der Waals surface area contributed by atoms with E-state index in [0.29, 0.717) is 0 Å². The Hall–Kier alpha value is -4.10. The molecule has 0 N–H and O–H groups in total. The molecule has 5 heteroatoms. The van der Waals surface area contributed by atoms with Crippen molar-refractivity contribution in [2.75, 3.05) is 0 Å². The van der Waals surface area contributed by atoms with Crippen LogP contribution in [0.3, 0.4) is 0 Å². The quantitative estimate of drug-likeness (QED) is 0.173. The Morgan fingerprint density at radius 2 is 0.689 bits per heavy atom. The lowest BCUT2D eigenvalue weighted by atomic mass is 10.1. The van der Waals surface area contributed by atoms with Crippen LogP contribution in [0.4, 0.5) is 0 Å². The molecule has 11 rings (SSSR count). The molecule has 6 aromatic carbocycles. The summed E-state index contributed by atoms with van der Waals surface area (Å²) in [5.41, 5.74) is 2.62. The second kappa shape index (κ2) is 9.23. The first-order valence-corrected chi connectivity index (χ1v) is 19.0. The molecule has 45 heavy (non-hydrogen) atoms. The predicted octanol–water partition coefficient (Wildman–Crippen LogP) is 14.6. The summed E-state index contributed by atoms with van der Waals surface area (Å²) in [5, 5.41) is 10.8. The van der Waals surface area contributed by atoms with Crippen LogP contribution in [-0.4, -0.2) is 0 Å². The highest BCUT2D eigenvalue weighted by Crippen LogP contribution is 2.46. The largest absolute Gasteiger partial charge is 0.135 e. The van der Waals surface area contributed by atoms with Crippen LogP contribution in [0, 0.1) is 0 Å². The minimum absolute atomic E-state index is 1.31. The van der Waals surface area contributed by atoms with Gasteiger partial charge in [0.15, 0.2) is 0 Å². The minimum atomic E-state index is 1.31. The highest BCUT2D eigenvalue weighted by Gasteiger charge is 2.15. The number of benzene rings is 6. The van der Waals surface area contributed by atoms with Gasteiger partial charge in [0, 0.05) is 79.7 Å². The Kier molecular flexibility index (Phi) is 5.15. The number of thiophene rings is 5. The van der Waals surface area contributed by atoms with E-state index < -0.39 is 0 Å². The maximum atomic E-state index is 2.43. The van der Waals surface area contributed by atoms with E-state index >= 15 is 0 Å². The summed E-state index contributed by atoms with van der Waals surface area (Å²) in [6.07, 6.45) is 0. The molecule has 0 aliphatic heterocycles. The maximum Gasteiger partial charge on any atom is 0.0369 e. The molecule has 0 amide bonds. The van der Waals surface area contributed by atoms with Crippen molar-refractivity contribution in [3.63, 3.8) is 0 Å². The van der Waals surface area contributed by atoms with Gasteiger partial charge in [-0.3, -0.25) is 0 Å². The van der Waals surface area contributed by atoms with Crippen molar-refractivity contribution in [2.45, 2.75) is 0 Å². The molecule has 0 saturated carbocycles. The lowest BCUT2D eigenvalue weighted by molar-refractivity contribution is 1.81. The molecule has 0 atom stereocenters. The fourth-order valence-electron chi connectivity index (χ4n) is 6.89. The van der Waals surface area contributed by atoms with E-state index in [0.717, 1.165) is 0 Å². The third kappa shape index (κ3) is 3.73. The number of hydrogen-bond donors (Lipinski definition) is 0. The van der Waals surface area contributed by atoms with Crippen LogP contribution in [-0.2, 0) is 0 Å². The SMILES string of the molecule is c1ccc2c(c1)sc1cc(-c3cc4cc5c(cc4s3)sc3cc4sc(-c6ccc7c(c6)sc6ccccc67)cc4cc35)ccc12. The Balaban J connectivity index is 1.01. The van der Waals surface area contributed by atoms with Gasteiger partial charge in [-0.05, 0) is 82.6 Å². The highest BCUT2D eigenvalue weighted by atomic mass is 32.1. The summed E-state index contributed by atoms with van der Waals surface area (Å²) < 4.78 is 10.9. The molecule has 210 valence electrons. The fourth-order valence-corrected chi connectivity index (χ4v) is 12.6. The van der Waals surface area contributed by atoms with Gasteiger partial charge in [0.1, 0.15) is 0 Å². The van der Waals surface area contributed by atoms with Crippen molar-refractivity contribution in [1.29, 1.82) is 0 Å². The maximum absolute atomic E-state index is 2.43. The van der Waals surface area contributed by atoms with Gasteiger partial charge in [0.25, 0.3) is 0 Å². The molecule has 0 bridgehead atoms. The van der Waals surface area contributed by atoms with Crippen molar-refractivity contribution in [1.82, 2.24) is 0 Å². The first kappa shape index (κ1) is 25.1. The summed E-state index contributed by atoms with van der Waals surface area (Å²) in [4.78, 5) is 2.68. The molecule has 0 spiro atoms. The standard InChI is InChI=1S/C40H20S5/c1-3-7-31-25(5-1)27-11-9-21(15-37(27)41-31)33-17-23-13-29-30-14-24-18-34(44-36(24)20-40(30)45-39(29)19-35(23)43-33)22-10-12-28-26-6-2-4-8-32(26)42-38(28)16-22/h1-20H. The molecule has 0 saturated heterocycles. The van der Waals surface area contributed by atoms with Crippen molar-refractivity contribution >= 4 is 137 Å². The Labute approximate surface area is 277 Å². The van der Waals surface area contributed by atoms with Crippen molar-refractivity contribution in [3.8, 4) is 20.9 Å². The summed E-state index contributed by atoms with van der Waals surface area (Å²) in [7, 11) is 0. The van der Waals surface area contributed by atoms with E-state index in [1.165, 1.54) is 102 Å². The molecule has 0 aliphatic rings. The normalized spacial score (nSPS) is 12.4. The number of rotatable bonds is 2. The number of fused-ring (bicyclic) bond motifs is 11. The molecule has 0 nitrogen and oxygen atoms in total. The summed E-state index contributed by atoms with van der Waals surface area (Å²) in [5.74, 6) is 0. The molecule has 0 fully saturated rings. The van der Waals surface area contributed by atoms with Crippen LogP contribution < -0.4 is 0 Å². The molecule has 0 aliphatic carbocycles. The zero-order chi connectivity index (χ0) is 29.2. The van der Waals surface area contributed by atoms with E-state index in [9.17, 15) is 0 Å². The first-order valence-electron chi connectivity index (χ1n) is 14.9. The van der Waals surface area contributed by atoms with E-state index in [2.05, 4.69) is 121 Å². The third-order valence-corrected chi connectivity index (χ3v) is 14.8. The second-order valence-electron chi connectivity index (χ2n) is 11.7. The monoisotopic (exact) mass is 660 g/mol. The van der Waals surface area contributed by atoms with Gasteiger partial charge in [-0.25, -0.2) is 0 Å². The molecule has 5 aromatic heterocycles. The summed E-state index contributed by atoms with van der Waals surface area (Å²) >= 11 is 9.53. The molecule has 11 aromatic rings. The summed E-state index contributed by atoms with van der Waals surface area (Å²) in [6, 6.07) is 45.9. The van der Waals surface area contributed by atoms with Crippen molar-refractivity contribution < 1.29 is 0 Å². The van der Waals surface area contributed by atoms with Gasteiger partial charge < -0.3 is 0 Å². The fraction of sp³-hybridized carbons (Fsp3) is 0. The Morgan fingerprint density at radius 1 is 0.267 bits per heavy atom. The lowest BCUT2D eigenvalue weighted by Gasteiger charge is -1.97. The van der Waals surface area contributed by atoms with Gasteiger partial charge in [-0.2, -0.15) is 0 Å². The van der Waals surface area contributed by atoms with Crippen LogP contribution in [0.25, 0.3) is 102 Å². The zero-order valence-electron chi connectivity index (χ0n) is 23.6. The van der Waals surface area contributed by atoms with Crippen LogP contribution in [0.1, 0.15) is 0 Å². The van der Waals surface area contributed by atoms with Crippen molar-refractivity contribution in [3.05, 3.63) is 121 Å². The zero-order valence-corrected chi connectivity index (χ0v) is 27.7. The molecule has 5 heterocycles. The van der Waals surface area contributed by atoms with Crippen LogP contribution in [0.2, 0.25) is 0 Å². The van der Waals surface area contributed by atoms with Gasteiger partial charge in [0.05, 0.1) is 0 Å². The Bertz CT molecular complexity index is 2790. The average molecular weight is 661 g/mol. The molecular formula is C40H20S5. The van der Waals surface area contributed by atoms with Gasteiger partial charge in [-0.15, -0.1) is 56.7 Å². The van der Waals surface area contributed by atoms with E-state index in [4.69, 9.17) is 0 Å². The Morgan fingerprint density at radius 3 is 1.20 bits per heavy atom. The second-order valence-corrected chi connectivity index (χ2v) is 17.1. The van der Waals surface area contributed by atoms with Crippen LogP contribution >= 0.6 is 56.7 Å². The summed E-state index contributed by atoms with van der Waals surface area (Å²) in [6.45, 7) is 0. The predicted molar refractivity (Wildman–Crippen MR) is 207 cm³/mol. The van der Waals surface area contributed by atoms with E-state index in [1.54, 1.807) is 0 Å². The first-order chi connectivity index (χ1) is 22.2. The van der Waals surface area contributed by atoms with Gasteiger partial charge in [-0.1, -0.05) is 60.7 Å². The van der Waals surface area contributed by atoms with Gasteiger partial charge in [0.2, 0.25) is 0 Å².